The van der Waals surface area contributed by atoms with Crippen LogP contribution < -0.4 is 5.32 Å². The highest BCUT2D eigenvalue weighted by molar-refractivity contribution is 5.72. The molecule has 0 bridgehead atoms. The fourth-order valence-electron chi connectivity index (χ4n) is 3.18. The van der Waals surface area contributed by atoms with E-state index in [4.69, 9.17) is 4.74 Å². The van der Waals surface area contributed by atoms with Crippen molar-refractivity contribution in [3.05, 3.63) is 35.4 Å². The summed E-state index contributed by atoms with van der Waals surface area (Å²) in [5.41, 5.74) is 2.78. The molecular weight excluding hydrogens is 262 g/mol. The zero-order chi connectivity index (χ0) is 15.1. The second-order valence-electron chi connectivity index (χ2n) is 5.82. The Hall–Kier alpha value is -1.35. The van der Waals surface area contributed by atoms with Crippen molar-refractivity contribution < 1.29 is 9.53 Å². The van der Waals surface area contributed by atoms with Gasteiger partial charge in [0.2, 0.25) is 0 Å². The maximum atomic E-state index is 11.9. The molecule has 0 spiro atoms. The van der Waals surface area contributed by atoms with Crippen LogP contribution in [0.25, 0.3) is 0 Å². The molecule has 1 fully saturated rings. The number of carbonyl (C=O) groups excluding carboxylic acids is 1. The van der Waals surface area contributed by atoms with Gasteiger partial charge in [0.15, 0.2) is 0 Å². The van der Waals surface area contributed by atoms with Crippen LogP contribution in [0.4, 0.5) is 0 Å². The number of hydrogen-bond donors (Lipinski definition) is 1. The van der Waals surface area contributed by atoms with Crippen LogP contribution in [0.1, 0.15) is 50.7 Å². The van der Waals surface area contributed by atoms with Crippen molar-refractivity contribution in [3.63, 3.8) is 0 Å². The van der Waals surface area contributed by atoms with Gasteiger partial charge < -0.3 is 10.1 Å². The standard InChI is InChI=1S/C18H27NO2/c1-3-14-8-5-6-9-16(14)13-19-17-11-7-10-15(12-17)18(20)21-4-2/h5-6,8-9,15,17,19H,3-4,7,10-13H2,1-2H3. The summed E-state index contributed by atoms with van der Waals surface area (Å²) < 4.78 is 5.16. The van der Waals surface area contributed by atoms with Crippen molar-refractivity contribution in [3.8, 4) is 0 Å². The Morgan fingerprint density at radius 1 is 1.24 bits per heavy atom. The minimum atomic E-state index is -0.0158. The van der Waals surface area contributed by atoms with Gasteiger partial charge in [-0.25, -0.2) is 0 Å². The van der Waals surface area contributed by atoms with Crippen LogP contribution in [0.2, 0.25) is 0 Å². The predicted octanol–water partition coefficient (Wildman–Crippen LogP) is 3.46. The van der Waals surface area contributed by atoms with Gasteiger partial charge in [0.1, 0.15) is 0 Å². The average Bonchev–Trinajstić information content (AvgIpc) is 2.53. The number of benzene rings is 1. The Balaban J connectivity index is 1.86. The highest BCUT2D eigenvalue weighted by Gasteiger charge is 2.27. The van der Waals surface area contributed by atoms with E-state index in [1.54, 1.807) is 0 Å². The van der Waals surface area contributed by atoms with E-state index in [2.05, 4.69) is 36.5 Å². The molecule has 1 aromatic carbocycles. The number of ether oxygens (including phenoxy) is 1. The van der Waals surface area contributed by atoms with E-state index in [1.165, 1.54) is 11.1 Å². The highest BCUT2D eigenvalue weighted by atomic mass is 16.5. The molecule has 1 aromatic rings. The summed E-state index contributed by atoms with van der Waals surface area (Å²) >= 11 is 0. The summed E-state index contributed by atoms with van der Waals surface area (Å²) in [5, 5.41) is 3.63. The summed E-state index contributed by atoms with van der Waals surface area (Å²) in [6, 6.07) is 9.01. The smallest absolute Gasteiger partial charge is 0.308 e. The first-order valence-corrected chi connectivity index (χ1v) is 8.21. The maximum absolute atomic E-state index is 11.9. The fourth-order valence-corrected chi connectivity index (χ4v) is 3.18. The molecule has 0 aliphatic heterocycles. The van der Waals surface area contributed by atoms with Crippen LogP contribution in [0.5, 0.6) is 0 Å². The molecule has 1 saturated carbocycles. The molecule has 2 atom stereocenters. The Morgan fingerprint density at radius 3 is 2.71 bits per heavy atom. The Morgan fingerprint density at radius 2 is 2.00 bits per heavy atom. The topological polar surface area (TPSA) is 38.3 Å². The first kappa shape index (κ1) is 16.0. The van der Waals surface area contributed by atoms with E-state index in [9.17, 15) is 4.79 Å². The minimum absolute atomic E-state index is 0.0158. The zero-order valence-corrected chi connectivity index (χ0v) is 13.2. The van der Waals surface area contributed by atoms with Crippen LogP contribution in [-0.4, -0.2) is 18.6 Å². The number of rotatable bonds is 6. The maximum Gasteiger partial charge on any atom is 0.308 e. The lowest BCUT2D eigenvalue weighted by Gasteiger charge is -2.28. The first-order valence-electron chi connectivity index (χ1n) is 8.21. The van der Waals surface area contributed by atoms with Gasteiger partial charge in [0.05, 0.1) is 12.5 Å². The van der Waals surface area contributed by atoms with Crippen LogP contribution in [0, 0.1) is 5.92 Å². The number of esters is 1. The molecule has 1 aliphatic rings. The van der Waals surface area contributed by atoms with Gasteiger partial charge in [-0.1, -0.05) is 37.6 Å². The molecule has 116 valence electrons. The molecule has 2 unspecified atom stereocenters. The second kappa shape index (κ2) is 8.18. The lowest BCUT2D eigenvalue weighted by atomic mass is 9.85. The van der Waals surface area contributed by atoms with Crippen molar-refractivity contribution in [1.82, 2.24) is 5.32 Å². The third-order valence-corrected chi connectivity index (χ3v) is 4.37. The molecule has 1 N–H and O–H groups in total. The zero-order valence-electron chi connectivity index (χ0n) is 13.2. The molecule has 2 rings (SSSR count). The summed E-state index contributed by atoms with van der Waals surface area (Å²) in [6.07, 6.45) is 5.21. The van der Waals surface area contributed by atoms with Crippen LogP contribution in [0.15, 0.2) is 24.3 Å². The van der Waals surface area contributed by atoms with Crippen LogP contribution >= 0.6 is 0 Å². The van der Waals surface area contributed by atoms with E-state index in [0.717, 1.165) is 38.6 Å². The first-order chi connectivity index (χ1) is 10.2. The number of hydrogen-bond acceptors (Lipinski definition) is 3. The Labute approximate surface area is 128 Å². The third-order valence-electron chi connectivity index (χ3n) is 4.37. The largest absolute Gasteiger partial charge is 0.466 e. The summed E-state index contributed by atoms with van der Waals surface area (Å²) in [7, 11) is 0. The van der Waals surface area contributed by atoms with Crippen molar-refractivity contribution in [2.24, 2.45) is 5.92 Å². The lowest BCUT2D eigenvalue weighted by Crippen LogP contribution is -2.36. The molecule has 3 nitrogen and oxygen atoms in total. The molecule has 1 aliphatic carbocycles. The molecule has 3 heteroatoms. The van der Waals surface area contributed by atoms with Crippen molar-refractivity contribution >= 4 is 5.97 Å². The summed E-state index contributed by atoms with van der Waals surface area (Å²) in [5.74, 6) is 0.0653. The van der Waals surface area contributed by atoms with Gasteiger partial charge in [0.25, 0.3) is 0 Å². The Bertz CT molecular complexity index is 458. The van der Waals surface area contributed by atoms with E-state index in [-0.39, 0.29) is 11.9 Å². The SMILES string of the molecule is CCOC(=O)C1CCCC(NCc2ccccc2CC)C1. The lowest BCUT2D eigenvalue weighted by molar-refractivity contribution is -0.149. The molecule has 21 heavy (non-hydrogen) atoms. The molecule has 0 saturated heterocycles. The summed E-state index contributed by atoms with van der Waals surface area (Å²) in [6.45, 7) is 5.44. The highest BCUT2D eigenvalue weighted by Crippen LogP contribution is 2.25. The quantitative estimate of drug-likeness (QED) is 0.815. The van der Waals surface area contributed by atoms with Crippen LogP contribution in [0.3, 0.4) is 0 Å². The number of carbonyl (C=O) groups is 1. The number of nitrogens with one attached hydrogen (secondary N) is 1. The van der Waals surface area contributed by atoms with Crippen LogP contribution in [-0.2, 0) is 22.5 Å². The molecule has 0 aromatic heterocycles. The van der Waals surface area contributed by atoms with E-state index >= 15 is 0 Å². The predicted molar refractivity (Wildman–Crippen MR) is 85.0 cm³/mol. The normalized spacial score (nSPS) is 22.0. The number of aryl methyl sites for hydroxylation is 1. The van der Waals surface area contributed by atoms with Gasteiger partial charge in [-0.05, 0) is 43.7 Å². The van der Waals surface area contributed by atoms with E-state index in [1.807, 2.05) is 6.92 Å². The van der Waals surface area contributed by atoms with E-state index < -0.39 is 0 Å². The molecule has 0 heterocycles. The third kappa shape index (κ3) is 4.57. The van der Waals surface area contributed by atoms with Gasteiger partial charge in [-0.3, -0.25) is 4.79 Å². The molecular formula is C18H27NO2. The van der Waals surface area contributed by atoms with Gasteiger partial charge in [-0.15, -0.1) is 0 Å². The van der Waals surface area contributed by atoms with E-state index in [0.29, 0.717) is 12.6 Å². The monoisotopic (exact) mass is 289 g/mol. The molecule has 0 amide bonds. The summed E-state index contributed by atoms with van der Waals surface area (Å²) in [4.78, 5) is 11.9. The van der Waals surface area contributed by atoms with Crippen molar-refractivity contribution in [1.29, 1.82) is 0 Å². The molecule has 0 radical (unpaired) electrons. The van der Waals surface area contributed by atoms with Crippen molar-refractivity contribution in [2.45, 2.75) is 58.5 Å². The van der Waals surface area contributed by atoms with Gasteiger partial charge in [0, 0.05) is 12.6 Å². The van der Waals surface area contributed by atoms with Gasteiger partial charge in [-0.2, -0.15) is 0 Å². The van der Waals surface area contributed by atoms with Gasteiger partial charge >= 0.3 is 5.97 Å². The minimum Gasteiger partial charge on any atom is -0.466 e. The Kier molecular flexibility index (Phi) is 6.24. The second-order valence-corrected chi connectivity index (χ2v) is 5.82. The van der Waals surface area contributed by atoms with Crippen molar-refractivity contribution in [2.75, 3.05) is 6.61 Å². The average molecular weight is 289 g/mol. The fraction of sp³-hybridized carbons (Fsp3) is 0.611.